The first-order valence-electron chi connectivity index (χ1n) is 7.01. The number of nitrogens with two attached hydrogens (primary N) is 1. The molecule has 1 aromatic carbocycles. The predicted molar refractivity (Wildman–Crippen MR) is 81.3 cm³/mol. The number of nitrogens with one attached hydrogen (secondary N) is 1. The van der Waals surface area contributed by atoms with Gasteiger partial charge in [-0.1, -0.05) is 32.6 Å². The molecule has 0 aliphatic heterocycles. The van der Waals surface area contributed by atoms with Gasteiger partial charge in [-0.2, -0.15) is 0 Å². The summed E-state index contributed by atoms with van der Waals surface area (Å²) in [6.07, 6.45) is 5.02. The molecule has 0 unspecified atom stereocenters. The highest BCUT2D eigenvalue weighted by molar-refractivity contribution is 7.91. The SMILES string of the molecule is CCCCCCCS(=O)(=O)c1nc2ccc(N)cc2[nH]1. The molecule has 0 saturated carbocycles. The van der Waals surface area contributed by atoms with Gasteiger partial charge in [0.1, 0.15) is 0 Å². The first-order valence-corrected chi connectivity index (χ1v) is 8.66. The number of nitrogens with zero attached hydrogens (tertiary/aromatic N) is 1. The molecule has 0 radical (unpaired) electrons. The van der Waals surface area contributed by atoms with E-state index in [1.165, 1.54) is 0 Å². The number of aromatic amines is 1. The first-order chi connectivity index (χ1) is 9.53. The van der Waals surface area contributed by atoms with Gasteiger partial charge in [0.15, 0.2) is 0 Å². The number of H-pyrrole nitrogens is 1. The van der Waals surface area contributed by atoms with E-state index in [1.54, 1.807) is 18.2 Å². The highest BCUT2D eigenvalue weighted by Gasteiger charge is 2.18. The topological polar surface area (TPSA) is 88.8 Å². The summed E-state index contributed by atoms with van der Waals surface area (Å²) in [6, 6.07) is 5.13. The Bertz CT molecular complexity index is 677. The Morgan fingerprint density at radius 2 is 1.95 bits per heavy atom. The van der Waals surface area contributed by atoms with Crippen LogP contribution in [0.1, 0.15) is 39.0 Å². The van der Waals surface area contributed by atoms with E-state index in [9.17, 15) is 8.42 Å². The smallest absolute Gasteiger partial charge is 0.226 e. The number of fused-ring (bicyclic) bond motifs is 1. The third-order valence-corrected chi connectivity index (χ3v) is 4.90. The van der Waals surface area contributed by atoms with Crippen LogP contribution in [-0.2, 0) is 9.84 Å². The Morgan fingerprint density at radius 3 is 2.70 bits per heavy atom. The number of imidazole rings is 1. The second-order valence-electron chi connectivity index (χ2n) is 5.05. The quantitative estimate of drug-likeness (QED) is 0.607. The third-order valence-electron chi connectivity index (χ3n) is 3.30. The van der Waals surface area contributed by atoms with Gasteiger partial charge < -0.3 is 10.7 Å². The molecule has 1 aromatic heterocycles. The summed E-state index contributed by atoms with van der Waals surface area (Å²) in [7, 11) is -3.33. The van der Waals surface area contributed by atoms with Crippen molar-refractivity contribution in [3.05, 3.63) is 18.2 Å². The molecular formula is C14H21N3O2S. The lowest BCUT2D eigenvalue weighted by molar-refractivity contribution is 0.580. The molecule has 0 fully saturated rings. The lowest BCUT2D eigenvalue weighted by Gasteiger charge is -2.01. The minimum Gasteiger partial charge on any atom is -0.399 e. The number of hydrogen-bond donors (Lipinski definition) is 2. The van der Waals surface area contributed by atoms with Crippen molar-refractivity contribution in [2.75, 3.05) is 11.5 Å². The second kappa shape index (κ2) is 6.26. The fourth-order valence-electron chi connectivity index (χ4n) is 2.14. The average Bonchev–Trinajstić information content (AvgIpc) is 2.82. The fourth-order valence-corrected chi connectivity index (χ4v) is 3.42. The molecule has 5 nitrogen and oxygen atoms in total. The Hall–Kier alpha value is -1.56. The summed E-state index contributed by atoms with van der Waals surface area (Å²) in [6.45, 7) is 2.14. The molecule has 6 heteroatoms. The van der Waals surface area contributed by atoms with Crippen LogP contribution in [0.4, 0.5) is 5.69 Å². The van der Waals surface area contributed by atoms with Crippen molar-refractivity contribution < 1.29 is 8.42 Å². The van der Waals surface area contributed by atoms with Crippen LogP contribution >= 0.6 is 0 Å². The Labute approximate surface area is 119 Å². The first kappa shape index (κ1) is 14.8. The molecule has 0 atom stereocenters. The van der Waals surface area contributed by atoms with Gasteiger partial charge in [0, 0.05) is 5.69 Å². The van der Waals surface area contributed by atoms with Crippen LogP contribution in [-0.4, -0.2) is 24.1 Å². The van der Waals surface area contributed by atoms with E-state index in [4.69, 9.17) is 5.73 Å². The summed E-state index contributed by atoms with van der Waals surface area (Å²) in [5.41, 5.74) is 7.55. The number of benzene rings is 1. The predicted octanol–water partition coefficient (Wildman–Crippen LogP) is 2.89. The molecule has 110 valence electrons. The Morgan fingerprint density at radius 1 is 1.20 bits per heavy atom. The zero-order valence-corrected chi connectivity index (χ0v) is 12.5. The lowest BCUT2D eigenvalue weighted by atomic mass is 10.2. The molecule has 0 aliphatic carbocycles. The van der Waals surface area contributed by atoms with Crippen LogP contribution in [0.15, 0.2) is 23.4 Å². The van der Waals surface area contributed by atoms with E-state index in [1.807, 2.05) is 0 Å². The molecular weight excluding hydrogens is 274 g/mol. The summed E-state index contributed by atoms with van der Waals surface area (Å²) in [5.74, 6) is 0.145. The molecule has 3 N–H and O–H groups in total. The van der Waals surface area contributed by atoms with E-state index in [2.05, 4.69) is 16.9 Å². The summed E-state index contributed by atoms with van der Waals surface area (Å²) in [4.78, 5) is 6.99. The van der Waals surface area contributed by atoms with E-state index in [0.29, 0.717) is 23.1 Å². The van der Waals surface area contributed by atoms with Crippen molar-refractivity contribution in [2.24, 2.45) is 0 Å². The largest absolute Gasteiger partial charge is 0.399 e. The summed E-state index contributed by atoms with van der Waals surface area (Å²) in [5, 5.41) is 0.0496. The average molecular weight is 295 g/mol. The van der Waals surface area contributed by atoms with Crippen molar-refractivity contribution in [3.8, 4) is 0 Å². The van der Waals surface area contributed by atoms with Gasteiger partial charge >= 0.3 is 0 Å². The number of anilines is 1. The highest BCUT2D eigenvalue weighted by Crippen LogP contribution is 2.18. The van der Waals surface area contributed by atoms with E-state index < -0.39 is 9.84 Å². The molecule has 0 amide bonds. The van der Waals surface area contributed by atoms with Crippen LogP contribution in [0.5, 0.6) is 0 Å². The number of hydrogen-bond acceptors (Lipinski definition) is 4. The van der Waals surface area contributed by atoms with E-state index in [0.717, 1.165) is 25.7 Å². The molecule has 1 heterocycles. The Kier molecular flexibility index (Phi) is 4.65. The van der Waals surface area contributed by atoms with Gasteiger partial charge in [0.05, 0.1) is 16.8 Å². The van der Waals surface area contributed by atoms with Gasteiger partial charge in [-0.25, -0.2) is 13.4 Å². The highest BCUT2D eigenvalue weighted by atomic mass is 32.2. The van der Waals surface area contributed by atoms with E-state index in [-0.39, 0.29) is 10.9 Å². The van der Waals surface area contributed by atoms with Crippen molar-refractivity contribution in [1.29, 1.82) is 0 Å². The van der Waals surface area contributed by atoms with Crippen LogP contribution in [0.3, 0.4) is 0 Å². The monoisotopic (exact) mass is 295 g/mol. The van der Waals surface area contributed by atoms with Crippen molar-refractivity contribution in [3.63, 3.8) is 0 Å². The molecule has 0 saturated heterocycles. The number of sulfone groups is 1. The molecule has 2 aromatic rings. The zero-order valence-electron chi connectivity index (χ0n) is 11.7. The maximum atomic E-state index is 12.2. The second-order valence-corrected chi connectivity index (χ2v) is 7.08. The van der Waals surface area contributed by atoms with Gasteiger partial charge in [0.2, 0.25) is 15.0 Å². The maximum Gasteiger partial charge on any atom is 0.226 e. The number of aromatic nitrogens is 2. The lowest BCUT2D eigenvalue weighted by Crippen LogP contribution is -2.08. The maximum absolute atomic E-state index is 12.2. The molecule has 2 rings (SSSR count). The molecule has 0 bridgehead atoms. The van der Waals surface area contributed by atoms with Gasteiger partial charge in [-0.15, -0.1) is 0 Å². The number of rotatable bonds is 7. The molecule has 0 aliphatic rings. The van der Waals surface area contributed by atoms with Crippen molar-refractivity contribution in [2.45, 2.75) is 44.2 Å². The van der Waals surface area contributed by atoms with Crippen LogP contribution in [0.2, 0.25) is 0 Å². The number of unbranched alkanes of at least 4 members (excludes halogenated alkanes) is 4. The van der Waals surface area contributed by atoms with Crippen molar-refractivity contribution in [1.82, 2.24) is 9.97 Å². The number of nitrogen functional groups attached to an aromatic ring is 1. The van der Waals surface area contributed by atoms with Crippen molar-refractivity contribution >= 4 is 26.6 Å². The van der Waals surface area contributed by atoms with Gasteiger partial charge in [-0.3, -0.25) is 0 Å². The standard InChI is InChI=1S/C14H21N3O2S/c1-2-3-4-5-6-9-20(18,19)14-16-12-8-7-11(15)10-13(12)17-14/h7-8,10H,2-6,9,15H2,1H3,(H,16,17). The third kappa shape index (κ3) is 3.50. The summed E-state index contributed by atoms with van der Waals surface area (Å²) >= 11 is 0. The minimum absolute atomic E-state index is 0.0496. The molecule has 20 heavy (non-hydrogen) atoms. The van der Waals surface area contributed by atoms with Crippen LogP contribution < -0.4 is 5.73 Å². The normalized spacial score (nSPS) is 12.1. The Balaban J connectivity index is 2.07. The molecule has 0 spiro atoms. The van der Waals surface area contributed by atoms with E-state index >= 15 is 0 Å². The zero-order chi connectivity index (χ0) is 14.6. The van der Waals surface area contributed by atoms with Gasteiger partial charge in [-0.05, 0) is 24.6 Å². The minimum atomic E-state index is -3.33. The van der Waals surface area contributed by atoms with Crippen LogP contribution in [0.25, 0.3) is 11.0 Å². The van der Waals surface area contributed by atoms with Crippen LogP contribution in [0, 0.1) is 0 Å². The van der Waals surface area contributed by atoms with Gasteiger partial charge in [0.25, 0.3) is 0 Å². The summed E-state index contributed by atoms with van der Waals surface area (Å²) < 4.78 is 24.4. The fraction of sp³-hybridized carbons (Fsp3) is 0.500.